The third kappa shape index (κ3) is 3.29. The Hall–Kier alpha value is -2.83. The molecule has 1 aliphatic carbocycles. The van der Waals surface area contributed by atoms with Gasteiger partial charge in [-0.25, -0.2) is 9.78 Å². The summed E-state index contributed by atoms with van der Waals surface area (Å²) in [4.78, 5) is 22.1. The van der Waals surface area contributed by atoms with Crippen LogP contribution in [0.1, 0.15) is 35.6 Å². The fraction of sp³-hybridized carbons (Fsp3) is 0.421. The number of aryl methyl sites for hydroxylation is 1. The van der Waals surface area contributed by atoms with Crippen molar-refractivity contribution in [2.45, 2.75) is 37.6 Å². The van der Waals surface area contributed by atoms with E-state index in [0.717, 1.165) is 49.3 Å². The largest absolute Gasteiger partial charge is 0.465 e. The van der Waals surface area contributed by atoms with Gasteiger partial charge in [0.25, 0.3) is 0 Å². The Bertz CT molecular complexity index is 811. The predicted molar refractivity (Wildman–Crippen MR) is 99.4 cm³/mol. The molecule has 0 spiro atoms. The zero-order chi connectivity index (χ0) is 18.1. The Morgan fingerprint density at radius 3 is 2.81 bits per heavy atom. The number of nitrogens with two attached hydrogens (primary N) is 1. The normalized spacial score (nSPS) is 22.1. The number of carbonyl (C=O) groups is 1. The van der Waals surface area contributed by atoms with Crippen LogP contribution in [-0.2, 0) is 12.8 Å². The quantitative estimate of drug-likeness (QED) is 0.781. The van der Waals surface area contributed by atoms with Crippen molar-refractivity contribution >= 4 is 17.9 Å². The highest BCUT2D eigenvalue weighted by Crippen LogP contribution is 2.37. The topological polar surface area (TPSA) is 104 Å². The molecule has 1 aromatic heterocycles. The lowest BCUT2D eigenvalue weighted by molar-refractivity contribution is 0.191. The van der Waals surface area contributed by atoms with E-state index >= 15 is 0 Å². The molecule has 1 saturated heterocycles. The van der Waals surface area contributed by atoms with Crippen molar-refractivity contribution in [2.75, 3.05) is 23.7 Å². The van der Waals surface area contributed by atoms with Crippen molar-refractivity contribution in [3.8, 4) is 0 Å². The van der Waals surface area contributed by atoms with Gasteiger partial charge in [-0.15, -0.1) is 0 Å². The van der Waals surface area contributed by atoms with E-state index in [4.69, 9.17) is 10.8 Å². The van der Waals surface area contributed by atoms with Crippen LogP contribution in [0.5, 0.6) is 0 Å². The Morgan fingerprint density at radius 1 is 1.23 bits per heavy atom. The Morgan fingerprint density at radius 2 is 2.04 bits per heavy atom. The molecule has 4 rings (SSSR count). The maximum absolute atomic E-state index is 10.9. The lowest BCUT2D eigenvalue weighted by atomic mass is 9.82. The number of nitrogens with one attached hydrogen (secondary N) is 1. The number of nitrogens with zero attached hydrogens (tertiary/aromatic N) is 3. The zero-order valence-electron chi connectivity index (χ0n) is 14.6. The lowest BCUT2D eigenvalue weighted by Crippen LogP contribution is -2.36. The first-order valence-corrected chi connectivity index (χ1v) is 9.05. The standard InChI is InChI=1S/C19H23N5O2/c20-18-22-16-7-6-13(12-4-2-1-3-5-12)10-15(16)17(23-18)24-9-8-14(11-24)21-19(25)26/h1-5,13-14,21H,6-11H2,(H,25,26)(H2,20,22,23). The van der Waals surface area contributed by atoms with Gasteiger partial charge in [0, 0.05) is 18.7 Å². The van der Waals surface area contributed by atoms with Gasteiger partial charge in [-0.2, -0.15) is 4.98 Å². The molecule has 1 aromatic carbocycles. The van der Waals surface area contributed by atoms with Crippen LogP contribution in [0.25, 0.3) is 0 Å². The van der Waals surface area contributed by atoms with Gasteiger partial charge in [0.15, 0.2) is 0 Å². The van der Waals surface area contributed by atoms with Gasteiger partial charge in [0.1, 0.15) is 5.82 Å². The summed E-state index contributed by atoms with van der Waals surface area (Å²) in [5.74, 6) is 1.62. The van der Waals surface area contributed by atoms with E-state index in [-0.39, 0.29) is 6.04 Å². The van der Waals surface area contributed by atoms with Crippen LogP contribution in [0, 0.1) is 0 Å². The average Bonchev–Trinajstić information content (AvgIpc) is 3.09. The van der Waals surface area contributed by atoms with E-state index in [0.29, 0.717) is 18.4 Å². The SMILES string of the molecule is Nc1nc2c(c(N3CCC(NC(=O)O)C3)n1)CC(c1ccccc1)CC2. The van der Waals surface area contributed by atoms with E-state index in [1.54, 1.807) is 0 Å². The van der Waals surface area contributed by atoms with Crippen LogP contribution >= 0.6 is 0 Å². The molecule has 1 amide bonds. The number of hydrogen-bond acceptors (Lipinski definition) is 5. The molecule has 2 unspecified atom stereocenters. The number of nitrogen functional groups attached to an aromatic ring is 1. The number of amides is 1. The monoisotopic (exact) mass is 353 g/mol. The van der Waals surface area contributed by atoms with Gasteiger partial charge in [0.2, 0.25) is 5.95 Å². The second kappa shape index (κ2) is 6.82. The molecule has 2 atom stereocenters. The molecular formula is C19H23N5O2. The minimum atomic E-state index is -0.981. The fourth-order valence-corrected chi connectivity index (χ4v) is 4.13. The Kier molecular flexibility index (Phi) is 4.36. The minimum absolute atomic E-state index is 0.0761. The van der Waals surface area contributed by atoms with Crippen LogP contribution in [-0.4, -0.2) is 40.3 Å². The van der Waals surface area contributed by atoms with Crippen LogP contribution in [0.4, 0.5) is 16.6 Å². The van der Waals surface area contributed by atoms with Gasteiger partial charge in [0.05, 0.1) is 11.7 Å². The van der Waals surface area contributed by atoms with Gasteiger partial charge in [-0.3, -0.25) is 0 Å². The molecule has 0 saturated carbocycles. The summed E-state index contributed by atoms with van der Waals surface area (Å²) in [6.45, 7) is 1.38. The smallest absolute Gasteiger partial charge is 0.404 e. The number of anilines is 2. The summed E-state index contributed by atoms with van der Waals surface area (Å²) in [5, 5.41) is 11.5. The third-order valence-corrected chi connectivity index (χ3v) is 5.35. The summed E-state index contributed by atoms with van der Waals surface area (Å²) in [7, 11) is 0. The molecule has 2 aromatic rings. The summed E-state index contributed by atoms with van der Waals surface area (Å²) < 4.78 is 0. The fourth-order valence-electron chi connectivity index (χ4n) is 4.13. The number of hydrogen-bond donors (Lipinski definition) is 3. The van der Waals surface area contributed by atoms with E-state index < -0.39 is 6.09 Å². The molecule has 1 fully saturated rings. The summed E-state index contributed by atoms with van der Waals surface area (Å²) in [6, 6.07) is 10.5. The first-order chi connectivity index (χ1) is 12.6. The van der Waals surface area contributed by atoms with Crippen molar-refractivity contribution in [1.29, 1.82) is 0 Å². The van der Waals surface area contributed by atoms with Gasteiger partial charge in [-0.05, 0) is 37.2 Å². The van der Waals surface area contributed by atoms with E-state index in [1.807, 2.05) is 6.07 Å². The Balaban J connectivity index is 1.61. The van der Waals surface area contributed by atoms with Crippen LogP contribution in [0.15, 0.2) is 30.3 Å². The van der Waals surface area contributed by atoms with Crippen molar-refractivity contribution in [3.63, 3.8) is 0 Å². The molecule has 4 N–H and O–H groups in total. The number of benzene rings is 1. The minimum Gasteiger partial charge on any atom is -0.465 e. The molecular weight excluding hydrogens is 330 g/mol. The number of carboxylic acid groups (broad SMARTS) is 1. The first-order valence-electron chi connectivity index (χ1n) is 9.05. The molecule has 2 aliphatic rings. The second-order valence-electron chi connectivity index (χ2n) is 7.06. The van der Waals surface area contributed by atoms with Gasteiger partial charge >= 0.3 is 6.09 Å². The number of rotatable bonds is 3. The summed E-state index contributed by atoms with van der Waals surface area (Å²) in [5.41, 5.74) is 9.49. The highest BCUT2D eigenvalue weighted by Gasteiger charge is 2.31. The molecule has 2 heterocycles. The van der Waals surface area contributed by atoms with Crippen LogP contribution in [0.3, 0.4) is 0 Å². The maximum atomic E-state index is 10.9. The molecule has 1 aliphatic heterocycles. The van der Waals surface area contributed by atoms with Crippen LogP contribution in [0.2, 0.25) is 0 Å². The average molecular weight is 353 g/mol. The summed E-state index contributed by atoms with van der Waals surface area (Å²) >= 11 is 0. The zero-order valence-corrected chi connectivity index (χ0v) is 14.6. The third-order valence-electron chi connectivity index (χ3n) is 5.35. The van der Waals surface area contributed by atoms with Gasteiger partial charge in [-0.1, -0.05) is 30.3 Å². The second-order valence-corrected chi connectivity index (χ2v) is 7.06. The molecule has 0 radical (unpaired) electrons. The van der Waals surface area contributed by atoms with Crippen molar-refractivity contribution in [3.05, 3.63) is 47.2 Å². The molecule has 7 heteroatoms. The lowest BCUT2D eigenvalue weighted by Gasteiger charge is -2.29. The molecule has 0 bridgehead atoms. The molecule has 7 nitrogen and oxygen atoms in total. The predicted octanol–water partition coefficient (Wildman–Crippen LogP) is 2.18. The first kappa shape index (κ1) is 16.6. The number of aromatic nitrogens is 2. The van der Waals surface area contributed by atoms with E-state index in [9.17, 15) is 4.79 Å². The Labute approximate surface area is 152 Å². The van der Waals surface area contributed by atoms with E-state index in [2.05, 4.69) is 44.5 Å². The highest BCUT2D eigenvalue weighted by atomic mass is 16.4. The highest BCUT2D eigenvalue weighted by molar-refractivity contribution is 5.65. The van der Waals surface area contributed by atoms with Crippen molar-refractivity contribution in [2.24, 2.45) is 0 Å². The van der Waals surface area contributed by atoms with E-state index in [1.165, 1.54) is 5.56 Å². The maximum Gasteiger partial charge on any atom is 0.404 e. The van der Waals surface area contributed by atoms with Crippen LogP contribution < -0.4 is 16.0 Å². The molecule has 26 heavy (non-hydrogen) atoms. The van der Waals surface area contributed by atoms with Crippen molar-refractivity contribution in [1.82, 2.24) is 15.3 Å². The van der Waals surface area contributed by atoms with Gasteiger partial charge < -0.3 is 21.1 Å². The summed E-state index contributed by atoms with van der Waals surface area (Å²) in [6.07, 6.45) is 2.62. The number of fused-ring (bicyclic) bond motifs is 1. The molecule has 136 valence electrons. The van der Waals surface area contributed by atoms with Crippen molar-refractivity contribution < 1.29 is 9.90 Å².